The zero-order valence-corrected chi connectivity index (χ0v) is 14.3. The molecule has 3 atom stereocenters. The van der Waals surface area contributed by atoms with Crippen molar-refractivity contribution in [2.24, 2.45) is 0 Å². The molecule has 2 N–H and O–H groups in total. The van der Waals surface area contributed by atoms with Gasteiger partial charge in [-0.3, -0.25) is 0 Å². The van der Waals surface area contributed by atoms with Gasteiger partial charge >= 0.3 is 0 Å². The molecule has 19 heavy (non-hydrogen) atoms. The van der Waals surface area contributed by atoms with Crippen LogP contribution in [-0.2, 0) is 13.9 Å². The van der Waals surface area contributed by atoms with Crippen molar-refractivity contribution in [2.45, 2.75) is 64.3 Å². The van der Waals surface area contributed by atoms with Gasteiger partial charge in [0.25, 0.3) is 0 Å². The van der Waals surface area contributed by atoms with Crippen LogP contribution in [0, 0.1) is 0 Å². The smallest absolute Gasteiger partial charge is 0.192 e. The summed E-state index contributed by atoms with van der Waals surface area (Å²) in [5.41, 5.74) is 0. The van der Waals surface area contributed by atoms with Crippen LogP contribution in [0.25, 0.3) is 0 Å². The lowest BCUT2D eigenvalue weighted by atomic mass is 10.2. The number of ether oxygens (including phenoxy) is 2. The van der Waals surface area contributed by atoms with Crippen LogP contribution in [0.1, 0.15) is 27.7 Å². The number of hydrogen-bond acceptors (Lipinski definition) is 5. The fourth-order valence-electron chi connectivity index (χ4n) is 1.09. The van der Waals surface area contributed by atoms with Gasteiger partial charge in [-0.15, -0.1) is 0 Å². The van der Waals surface area contributed by atoms with Crippen molar-refractivity contribution in [3.8, 4) is 0 Å². The lowest BCUT2D eigenvalue weighted by Crippen LogP contribution is -2.43. The second kappa shape index (κ2) is 7.71. The highest BCUT2D eigenvalue weighted by molar-refractivity contribution is 6.74. The Morgan fingerprint density at radius 1 is 1.11 bits per heavy atom. The Balaban J connectivity index is 4.04. The Kier molecular flexibility index (Phi) is 7.71. The quantitative estimate of drug-likeness (QED) is 0.527. The van der Waals surface area contributed by atoms with Crippen molar-refractivity contribution < 1.29 is 24.1 Å². The third-order valence-corrected chi connectivity index (χ3v) is 8.11. The molecule has 0 aliphatic heterocycles. The molecule has 0 saturated carbocycles. The topological polar surface area (TPSA) is 68.2 Å². The molecule has 0 aromatic heterocycles. The summed E-state index contributed by atoms with van der Waals surface area (Å²) in [6.45, 7) is 13.3. The number of aliphatic hydroxyl groups is 2. The van der Waals surface area contributed by atoms with Crippen LogP contribution in [0.4, 0.5) is 0 Å². The highest BCUT2D eigenvalue weighted by Crippen LogP contribution is 2.36. The van der Waals surface area contributed by atoms with Gasteiger partial charge in [0.05, 0.1) is 19.3 Å². The predicted octanol–water partition coefficient (Wildman–Crippen LogP) is 1.74. The summed E-state index contributed by atoms with van der Waals surface area (Å²) in [6, 6.07) is 0. The van der Waals surface area contributed by atoms with E-state index in [4.69, 9.17) is 9.16 Å². The largest absolute Gasteiger partial charge is 0.414 e. The van der Waals surface area contributed by atoms with Crippen molar-refractivity contribution >= 4 is 8.32 Å². The third-order valence-electron chi connectivity index (χ3n) is 3.61. The van der Waals surface area contributed by atoms with Crippen molar-refractivity contribution in [3.05, 3.63) is 0 Å². The lowest BCUT2D eigenvalue weighted by molar-refractivity contribution is -0.167. The van der Waals surface area contributed by atoms with Crippen LogP contribution in [-0.4, -0.2) is 57.4 Å². The molecule has 5 nitrogen and oxygen atoms in total. The minimum Gasteiger partial charge on any atom is -0.414 e. The van der Waals surface area contributed by atoms with E-state index in [9.17, 15) is 10.2 Å². The van der Waals surface area contributed by atoms with E-state index in [0.29, 0.717) is 6.61 Å². The Bertz CT molecular complexity index is 252. The van der Waals surface area contributed by atoms with E-state index in [1.165, 1.54) is 7.11 Å². The van der Waals surface area contributed by atoms with Gasteiger partial charge in [-0.1, -0.05) is 20.8 Å². The normalized spacial score (nSPS) is 18.2. The van der Waals surface area contributed by atoms with Crippen molar-refractivity contribution in [1.29, 1.82) is 0 Å². The molecule has 0 aliphatic rings. The maximum atomic E-state index is 9.49. The van der Waals surface area contributed by atoms with Crippen LogP contribution in [0.2, 0.25) is 18.1 Å². The van der Waals surface area contributed by atoms with Crippen LogP contribution < -0.4 is 0 Å². The molecule has 0 aromatic rings. The highest BCUT2D eigenvalue weighted by atomic mass is 28.4. The molecule has 0 saturated heterocycles. The first-order chi connectivity index (χ1) is 8.51. The van der Waals surface area contributed by atoms with Crippen molar-refractivity contribution in [2.75, 3.05) is 20.3 Å². The number of methoxy groups -OCH3 is 1. The van der Waals surface area contributed by atoms with Gasteiger partial charge in [0.1, 0.15) is 6.10 Å². The van der Waals surface area contributed by atoms with Gasteiger partial charge in [-0.2, -0.15) is 0 Å². The Morgan fingerprint density at radius 3 is 2.05 bits per heavy atom. The average Bonchev–Trinajstić information content (AvgIpc) is 2.30. The van der Waals surface area contributed by atoms with Crippen LogP contribution in [0.3, 0.4) is 0 Å². The zero-order chi connectivity index (χ0) is 15.3. The summed E-state index contributed by atoms with van der Waals surface area (Å²) in [7, 11) is -0.438. The molecule has 0 fully saturated rings. The standard InChI is InChI=1S/C13H30O5Si/c1-10(17-9-11(14)12(15)16-5)8-18-19(6,7)13(2,3)4/h10-12,14-15H,8-9H2,1-7H3. The summed E-state index contributed by atoms with van der Waals surface area (Å²) in [6.07, 6.45) is -2.39. The monoisotopic (exact) mass is 294 g/mol. The molecule has 0 bridgehead atoms. The molecule has 0 aliphatic carbocycles. The predicted molar refractivity (Wildman–Crippen MR) is 77.6 cm³/mol. The molecule has 0 aromatic carbocycles. The lowest BCUT2D eigenvalue weighted by Gasteiger charge is -2.37. The molecular weight excluding hydrogens is 264 g/mol. The summed E-state index contributed by atoms with van der Waals surface area (Å²) in [4.78, 5) is 0. The van der Waals surface area contributed by atoms with E-state index in [2.05, 4.69) is 38.6 Å². The van der Waals surface area contributed by atoms with Crippen LogP contribution in [0.5, 0.6) is 0 Å². The Hall–Kier alpha value is 0.0169. The second-order valence-electron chi connectivity index (χ2n) is 6.41. The second-order valence-corrected chi connectivity index (χ2v) is 11.2. The minimum absolute atomic E-state index is 0.0248. The molecule has 0 rings (SSSR count). The molecule has 6 heteroatoms. The van der Waals surface area contributed by atoms with E-state index in [0.717, 1.165) is 0 Å². The maximum absolute atomic E-state index is 9.49. The first kappa shape index (κ1) is 19.0. The highest BCUT2D eigenvalue weighted by Gasteiger charge is 2.37. The van der Waals surface area contributed by atoms with Gasteiger partial charge in [-0.05, 0) is 25.1 Å². The number of aliphatic hydroxyl groups excluding tert-OH is 2. The first-order valence-electron chi connectivity index (χ1n) is 6.65. The van der Waals surface area contributed by atoms with Gasteiger partial charge in [0.15, 0.2) is 14.6 Å². The van der Waals surface area contributed by atoms with E-state index >= 15 is 0 Å². The number of hydrogen-bond donors (Lipinski definition) is 2. The molecular formula is C13H30O5Si. The average molecular weight is 294 g/mol. The fraction of sp³-hybridized carbons (Fsp3) is 1.00. The minimum atomic E-state index is -1.77. The summed E-state index contributed by atoms with van der Waals surface area (Å²) >= 11 is 0. The molecule has 0 heterocycles. The molecule has 3 unspecified atom stereocenters. The van der Waals surface area contributed by atoms with E-state index in [1.807, 2.05) is 6.92 Å². The van der Waals surface area contributed by atoms with E-state index in [1.54, 1.807) is 0 Å². The Morgan fingerprint density at radius 2 is 1.63 bits per heavy atom. The summed E-state index contributed by atoms with van der Waals surface area (Å²) in [5, 5.41) is 18.9. The first-order valence-corrected chi connectivity index (χ1v) is 9.56. The number of rotatable bonds is 8. The van der Waals surface area contributed by atoms with Gasteiger partial charge < -0.3 is 24.1 Å². The van der Waals surface area contributed by atoms with Crippen LogP contribution >= 0.6 is 0 Å². The van der Waals surface area contributed by atoms with Crippen molar-refractivity contribution in [3.63, 3.8) is 0 Å². The van der Waals surface area contributed by atoms with Crippen LogP contribution in [0.15, 0.2) is 0 Å². The fourth-order valence-corrected chi connectivity index (χ4v) is 2.18. The maximum Gasteiger partial charge on any atom is 0.192 e. The van der Waals surface area contributed by atoms with Crippen molar-refractivity contribution in [1.82, 2.24) is 0 Å². The Labute approximate surface area is 118 Å². The molecule has 116 valence electrons. The van der Waals surface area contributed by atoms with Gasteiger partial charge in [-0.25, -0.2) is 0 Å². The van der Waals surface area contributed by atoms with Gasteiger partial charge in [0, 0.05) is 7.11 Å². The summed E-state index contributed by atoms with van der Waals surface area (Å²) in [5.74, 6) is 0. The zero-order valence-electron chi connectivity index (χ0n) is 13.3. The SMILES string of the molecule is COC(O)C(O)COC(C)CO[Si](C)(C)C(C)(C)C. The summed E-state index contributed by atoms with van der Waals surface area (Å²) < 4.78 is 16.1. The molecule has 0 amide bonds. The third kappa shape index (κ3) is 6.83. The molecule has 0 spiro atoms. The van der Waals surface area contributed by atoms with Gasteiger partial charge in [0.2, 0.25) is 0 Å². The van der Waals surface area contributed by atoms with E-state index in [-0.39, 0.29) is 17.7 Å². The molecule has 0 radical (unpaired) electrons. The van der Waals surface area contributed by atoms with E-state index < -0.39 is 20.7 Å².